The third kappa shape index (κ3) is 5.48. The second kappa shape index (κ2) is 9.94. The zero-order chi connectivity index (χ0) is 20.6. The van der Waals surface area contributed by atoms with E-state index in [4.69, 9.17) is 14.2 Å². The van der Waals surface area contributed by atoms with E-state index in [1.807, 2.05) is 61.5 Å². The highest BCUT2D eigenvalue weighted by Gasteiger charge is 2.15. The Hall–Kier alpha value is -3.05. The molecule has 0 radical (unpaired) electrons. The number of hydrogen-bond acceptors (Lipinski definition) is 4. The predicted octanol–water partition coefficient (Wildman–Crippen LogP) is 4.29. The Bertz CT molecular complexity index is 953. The highest BCUT2D eigenvalue weighted by atomic mass is 16.5. The molecule has 1 amide bonds. The first-order chi connectivity index (χ1) is 14.1. The molecule has 0 saturated carbocycles. The number of nitrogens with one attached hydrogen (secondary N) is 1. The van der Waals surface area contributed by atoms with Crippen molar-refractivity contribution in [3.05, 3.63) is 71.8 Å². The quantitative estimate of drug-likeness (QED) is 0.551. The zero-order valence-electron chi connectivity index (χ0n) is 17.1. The van der Waals surface area contributed by atoms with E-state index in [0.29, 0.717) is 19.8 Å². The van der Waals surface area contributed by atoms with Crippen LogP contribution in [0.1, 0.15) is 24.0 Å². The van der Waals surface area contributed by atoms with Gasteiger partial charge in [0, 0.05) is 13.7 Å². The fourth-order valence-electron chi connectivity index (χ4n) is 3.08. The maximum absolute atomic E-state index is 12.6. The highest BCUT2D eigenvalue weighted by molar-refractivity contribution is 5.88. The molecule has 1 atom stereocenters. The molecular weight excluding hydrogens is 366 g/mol. The van der Waals surface area contributed by atoms with Gasteiger partial charge in [-0.2, -0.15) is 0 Å². The summed E-state index contributed by atoms with van der Waals surface area (Å²) in [5.74, 6) is 1.38. The monoisotopic (exact) mass is 393 g/mol. The third-order valence-electron chi connectivity index (χ3n) is 4.91. The second-order valence-electron chi connectivity index (χ2n) is 6.90. The molecule has 0 unspecified atom stereocenters. The van der Waals surface area contributed by atoms with Crippen LogP contribution >= 0.6 is 0 Å². The van der Waals surface area contributed by atoms with Crippen molar-refractivity contribution >= 4 is 16.7 Å². The van der Waals surface area contributed by atoms with Crippen molar-refractivity contribution in [3.63, 3.8) is 0 Å². The average Bonchev–Trinajstić information content (AvgIpc) is 2.77. The summed E-state index contributed by atoms with van der Waals surface area (Å²) >= 11 is 0. The lowest BCUT2D eigenvalue weighted by molar-refractivity contribution is -0.122. The number of carbonyl (C=O) groups is 1. The van der Waals surface area contributed by atoms with Gasteiger partial charge in [0.1, 0.15) is 18.1 Å². The Morgan fingerprint density at radius 1 is 0.897 bits per heavy atom. The van der Waals surface area contributed by atoms with Gasteiger partial charge in [-0.25, -0.2) is 0 Å². The number of ether oxygens (including phenoxy) is 3. The van der Waals surface area contributed by atoms with Crippen LogP contribution in [0.3, 0.4) is 0 Å². The van der Waals surface area contributed by atoms with E-state index >= 15 is 0 Å². The molecule has 152 valence electrons. The van der Waals surface area contributed by atoms with Gasteiger partial charge in [0.15, 0.2) is 0 Å². The van der Waals surface area contributed by atoms with Gasteiger partial charge in [-0.05, 0) is 53.1 Å². The molecule has 29 heavy (non-hydrogen) atoms. The molecule has 0 aliphatic heterocycles. The van der Waals surface area contributed by atoms with E-state index in [1.165, 1.54) is 0 Å². The van der Waals surface area contributed by atoms with Crippen molar-refractivity contribution in [2.75, 3.05) is 27.4 Å². The zero-order valence-corrected chi connectivity index (χ0v) is 17.1. The number of hydrogen-bond donors (Lipinski definition) is 1. The van der Waals surface area contributed by atoms with Crippen LogP contribution in [0.5, 0.6) is 11.5 Å². The lowest BCUT2D eigenvalue weighted by Crippen LogP contribution is -2.27. The van der Waals surface area contributed by atoms with E-state index in [9.17, 15) is 4.79 Å². The van der Waals surface area contributed by atoms with E-state index < -0.39 is 0 Å². The molecular formula is C24H27NO4. The standard InChI is InChI=1S/C24H27NO4/c1-17(19-6-7-21-15-23(28-3)11-8-20(21)14-19)24(26)25-16-18-4-9-22(10-5-18)29-13-12-27-2/h4-11,14-15,17H,12-13,16H2,1-3H3,(H,25,26)/t17-/m0/s1. The molecule has 0 aliphatic carbocycles. The van der Waals surface area contributed by atoms with E-state index in [2.05, 4.69) is 11.4 Å². The minimum absolute atomic E-state index is 0.00159. The Balaban J connectivity index is 1.58. The van der Waals surface area contributed by atoms with Crippen LogP contribution in [0.15, 0.2) is 60.7 Å². The molecule has 0 fully saturated rings. The lowest BCUT2D eigenvalue weighted by Gasteiger charge is -2.14. The number of carbonyl (C=O) groups excluding carboxylic acids is 1. The second-order valence-corrected chi connectivity index (χ2v) is 6.90. The number of fused-ring (bicyclic) bond motifs is 1. The van der Waals surface area contributed by atoms with E-state index in [-0.39, 0.29) is 11.8 Å². The Labute approximate surface area is 171 Å². The molecule has 1 N–H and O–H groups in total. The summed E-state index contributed by atoms with van der Waals surface area (Å²) < 4.78 is 15.8. The molecule has 0 spiro atoms. The number of amides is 1. The summed E-state index contributed by atoms with van der Waals surface area (Å²) in [6.07, 6.45) is 0. The first-order valence-electron chi connectivity index (χ1n) is 9.67. The van der Waals surface area contributed by atoms with Crippen molar-refractivity contribution in [2.24, 2.45) is 0 Å². The number of benzene rings is 3. The summed E-state index contributed by atoms with van der Waals surface area (Å²) in [7, 11) is 3.30. The molecule has 0 aromatic heterocycles. The van der Waals surface area contributed by atoms with Gasteiger partial charge < -0.3 is 19.5 Å². The molecule has 5 heteroatoms. The average molecular weight is 393 g/mol. The van der Waals surface area contributed by atoms with Crippen molar-refractivity contribution in [1.82, 2.24) is 5.32 Å². The van der Waals surface area contributed by atoms with Crippen molar-refractivity contribution in [2.45, 2.75) is 19.4 Å². The van der Waals surface area contributed by atoms with Crippen LogP contribution in [0, 0.1) is 0 Å². The molecule has 0 saturated heterocycles. The summed E-state index contributed by atoms with van der Waals surface area (Å²) in [5.41, 5.74) is 2.01. The largest absolute Gasteiger partial charge is 0.497 e. The molecule has 0 aliphatic rings. The lowest BCUT2D eigenvalue weighted by atomic mass is 9.97. The SMILES string of the molecule is COCCOc1ccc(CNC(=O)[C@@H](C)c2ccc3cc(OC)ccc3c2)cc1. The number of methoxy groups -OCH3 is 2. The summed E-state index contributed by atoms with van der Waals surface area (Å²) in [5, 5.41) is 5.20. The Morgan fingerprint density at radius 3 is 2.31 bits per heavy atom. The van der Waals surface area contributed by atoms with E-state index in [0.717, 1.165) is 33.4 Å². The number of rotatable bonds is 9. The molecule has 0 bridgehead atoms. The van der Waals surface area contributed by atoms with Gasteiger partial charge in [-0.1, -0.05) is 36.4 Å². The van der Waals surface area contributed by atoms with Gasteiger partial charge in [-0.3, -0.25) is 4.79 Å². The predicted molar refractivity (Wildman–Crippen MR) is 115 cm³/mol. The Morgan fingerprint density at radius 2 is 1.59 bits per heavy atom. The van der Waals surface area contributed by atoms with Crippen LogP contribution < -0.4 is 14.8 Å². The maximum Gasteiger partial charge on any atom is 0.227 e. The van der Waals surface area contributed by atoms with Crippen LogP contribution in [-0.4, -0.2) is 33.3 Å². The normalized spacial score (nSPS) is 11.8. The third-order valence-corrected chi connectivity index (χ3v) is 4.91. The van der Waals surface area contributed by atoms with Gasteiger partial charge in [0.2, 0.25) is 5.91 Å². The minimum atomic E-state index is -0.238. The molecule has 5 nitrogen and oxygen atoms in total. The summed E-state index contributed by atoms with van der Waals surface area (Å²) in [6.45, 7) is 3.47. The van der Waals surface area contributed by atoms with Crippen molar-refractivity contribution < 1.29 is 19.0 Å². The smallest absolute Gasteiger partial charge is 0.227 e. The summed E-state index contributed by atoms with van der Waals surface area (Å²) in [4.78, 5) is 12.6. The van der Waals surface area contributed by atoms with Crippen molar-refractivity contribution in [3.8, 4) is 11.5 Å². The molecule has 0 heterocycles. The van der Waals surface area contributed by atoms with Gasteiger partial charge in [0.05, 0.1) is 19.6 Å². The summed E-state index contributed by atoms with van der Waals surface area (Å²) in [6, 6.07) is 19.7. The Kier molecular flexibility index (Phi) is 7.09. The van der Waals surface area contributed by atoms with Crippen LogP contribution in [-0.2, 0) is 16.1 Å². The fourth-order valence-corrected chi connectivity index (χ4v) is 3.08. The van der Waals surface area contributed by atoms with E-state index in [1.54, 1.807) is 14.2 Å². The fraction of sp³-hybridized carbons (Fsp3) is 0.292. The topological polar surface area (TPSA) is 56.8 Å². The minimum Gasteiger partial charge on any atom is -0.497 e. The molecule has 3 rings (SSSR count). The van der Waals surface area contributed by atoms with Crippen LogP contribution in [0.25, 0.3) is 10.8 Å². The molecule has 3 aromatic rings. The first-order valence-corrected chi connectivity index (χ1v) is 9.67. The van der Waals surface area contributed by atoms with Gasteiger partial charge >= 0.3 is 0 Å². The highest BCUT2D eigenvalue weighted by Crippen LogP contribution is 2.25. The van der Waals surface area contributed by atoms with Crippen LogP contribution in [0.2, 0.25) is 0 Å². The van der Waals surface area contributed by atoms with Crippen molar-refractivity contribution in [1.29, 1.82) is 0 Å². The first kappa shape index (κ1) is 20.7. The molecule has 3 aromatic carbocycles. The van der Waals surface area contributed by atoms with Gasteiger partial charge in [0.25, 0.3) is 0 Å². The van der Waals surface area contributed by atoms with Crippen LogP contribution in [0.4, 0.5) is 0 Å². The van der Waals surface area contributed by atoms with Gasteiger partial charge in [-0.15, -0.1) is 0 Å². The maximum atomic E-state index is 12.6.